The smallest absolute Gasteiger partial charge is 0.308 e. The van der Waals surface area contributed by atoms with Crippen LogP contribution in [0.25, 0.3) is 10.2 Å². The molecule has 0 unspecified atom stereocenters. The molecule has 0 saturated heterocycles. The summed E-state index contributed by atoms with van der Waals surface area (Å²) in [5, 5.41) is 7.44. The van der Waals surface area contributed by atoms with Crippen molar-refractivity contribution in [2.24, 2.45) is 0 Å². The topological polar surface area (TPSA) is 118 Å². The van der Waals surface area contributed by atoms with E-state index in [1.54, 1.807) is 36.7 Å². The van der Waals surface area contributed by atoms with Gasteiger partial charge in [-0.3, -0.25) is 4.98 Å². The molecule has 0 saturated carbocycles. The molecule has 4 heterocycles. The van der Waals surface area contributed by atoms with E-state index < -0.39 is 10.2 Å². The predicted octanol–water partition coefficient (Wildman–Crippen LogP) is 2.68. The summed E-state index contributed by atoms with van der Waals surface area (Å²) in [6, 6.07) is 4.84. The maximum Gasteiger partial charge on any atom is 0.308 e. The number of hydrogen-bond donors (Lipinski definition) is 2. The molecule has 13 heteroatoms. The van der Waals surface area contributed by atoms with Crippen molar-refractivity contribution in [1.82, 2.24) is 33.5 Å². The van der Waals surface area contributed by atoms with E-state index in [-0.39, 0.29) is 12.4 Å². The number of anilines is 1. The molecule has 0 amide bonds. The number of imidazole rings is 1. The van der Waals surface area contributed by atoms with Crippen LogP contribution < -0.4 is 10.6 Å². The molecule has 0 aliphatic carbocycles. The van der Waals surface area contributed by atoms with E-state index >= 15 is 0 Å². The zero-order valence-corrected chi connectivity index (χ0v) is 22.2. The zero-order valence-electron chi connectivity index (χ0n) is 20.6. The van der Waals surface area contributed by atoms with Crippen LogP contribution >= 0.6 is 11.3 Å². The molecular weight excluding hydrogens is 503 g/mol. The molecule has 4 aromatic heterocycles. The van der Waals surface area contributed by atoms with Crippen LogP contribution in [0.2, 0.25) is 0 Å². The number of pyridine rings is 2. The average Bonchev–Trinajstić information content (AvgIpc) is 3.38. The third-order valence-corrected chi connectivity index (χ3v) is 8.65. The van der Waals surface area contributed by atoms with E-state index in [1.807, 2.05) is 13.0 Å². The molecule has 0 spiro atoms. The highest BCUT2D eigenvalue weighted by molar-refractivity contribution is 7.87. The first-order valence-electron chi connectivity index (χ1n) is 11.4. The number of nitrogens with one attached hydrogen (secondary N) is 2. The number of aromatic nitrogens is 5. The number of rotatable bonds is 11. The largest absolute Gasteiger partial charge is 0.362 e. The summed E-state index contributed by atoms with van der Waals surface area (Å²) in [5.74, 6) is 0.735. The Bertz CT molecular complexity index is 1470. The summed E-state index contributed by atoms with van der Waals surface area (Å²) in [7, 11) is -0.610. The van der Waals surface area contributed by atoms with Crippen LogP contribution in [-0.4, -0.2) is 63.8 Å². The van der Waals surface area contributed by atoms with Crippen LogP contribution in [0.4, 0.5) is 10.2 Å². The fourth-order valence-electron chi connectivity index (χ4n) is 3.66. The van der Waals surface area contributed by atoms with Crippen LogP contribution in [0.3, 0.4) is 0 Å². The molecule has 4 rings (SSSR count). The van der Waals surface area contributed by atoms with Gasteiger partial charge >= 0.3 is 10.2 Å². The number of halogens is 1. The molecule has 0 aliphatic rings. The van der Waals surface area contributed by atoms with Gasteiger partial charge in [0.25, 0.3) is 0 Å². The Kier molecular flexibility index (Phi) is 7.93. The van der Waals surface area contributed by atoms with Gasteiger partial charge in [0.05, 0.1) is 33.3 Å². The molecule has 0 fully saturated rings. The van der Waals surface area contributed by atoms with Crippen molar-refractivity contribution < 1.29 is 12.8 Å². The minimum Gasteiger partial charge on any atom is -0.362 e. The normalized spacial score (nSPS) is 12.1. The van der Waals surface area contributed by atoms with Gasteiger partial charge in [-0.25, -0.2) is 23.3 Å². The SMILES string of the molecule is Cc1nc(CCNCCc2nc3c(NCc4ncccc4F)nccc3s2)n(S(=O)(=O)N(C)C)c1C. The number of thiazole rings is 1. The molecule has 10 nitrogen and oxygen atoms in total. The van der Waals surface area contributed by atoms with Gasteiger partial charge in [0.15, 0.2) is 5.82 Å². The number of fused-ring (bicyclic) bond motifs is 1. The van der Waals surface area contributed by atoms with Gasteiger partial charge in [0, 0.05) is 52.4 Å². The number of aryl methyl sites for hydroxylation is 1. The van der Waals surface area contributed by atoms with Gasteiger partial charge < -0.3 is 10.6 Å². The van der Waals surface area contributed by atoms with Gasteiger partial charge in [0.2, 0.25) is 0 Å². The van der Waals surface area contributed by atoms with Crippen molar-refractivity contribution in [3.63, 3.8) is 0 Å². The van der Waals surface area contributed by atoms with Crippen LogP contribution in [0, 0.1) is 19.7 Å². The maximum absolute atomic E-state index is 13.9. The minimum absolute atomic E-state index is 0.214. The average molecular weight is 533 g/mol. The Hall–Kier alpha value is -3.00. The van der Waals surface area contributed by atoms with Gasteiger partial charge in [-0.15, -0.1) is 11.3 Å². The summed E-state index contributed by atoms with van der Waals surface area (Å²) in [6.07, 6.45) is 4.44. The molecule has 2 N–H and O–H groups in total. The second-order valence-corrected chi connectivity index (χ2v) is 11.5. The molecule has 0 bridgehead atoms. The summed E-state index contributed by atoms with van der Waals surface area (Å²) < 4.78 is 42.8. The molecular formula is C23H29FN8O2S2. The summed E-state index contributed by atoms with van der Waals surface area (Å²) in [5.41, 5.74) is 2.39. The summed E-state index contributed by atoms with van der Waals surface area (Å²) in [6.45, 7) is 5.04. The third-order valence-electron chi connectivity index (χ3n) is 5.70. The van der Waals surface area contributed by atoms with Crippen molar-refractivity contribution >= 4 is 37.6 Å². The van der Waals surface area contributed by atoms with Crippen molar-refractivity contribution in [3.8, 4) is 0 Å². The van der Waals surface area contributed by atoms with Crippen LogP contribution in [0.15, 0.2) is 30.6 Å². The molecule has 0 aliphatic heterocycles. The van der Waals surface area contributed by atoms with Gasteiger partial charge in [-0.2, -0.15) is 12.7 Å². The highest BCUT2D eigenvalue weighted by Gasteiger charge is 2.24. The molecule has 0 radical (unpaired) electrons. The van der Waals surface area contributed by atoms with Crippen molar-refractivity contribution in [2.45, 2.75) is 33.2 Å². The lowest BCUT2D eigenvalue weighted by atomic mass is 10.3. The summed E-state index contributed by atoms with van der Waals surface area (Å²) in [4.78, 5) is 17.6. The van der Waals surface area contributed by atoms with Crippen molar-refractivity contribution in [1.29, 1.82) is 0 Å². The summed E-state index contributed by atoms with van der Waals surface area (Å²) >= 11 is 1.58. The monoisotopic (exact) mass is 532 g/mol. The predicted molar refractivity (Wildman–Crippen MR) is 139 cm³/mol. The van der Waals surface area contributed by atoms with E-state index in [1.165, 1.54) is 28.4 Å². The standard InChI is InChI=1S/C23H29FN8O2S2/c1-15-16(2)32(36(33,34)31(3)4)20(29-15)8-11-25-12-9-21-30-22-19(35-21)7-13-27-23(22)28-14-18-17(24)6-5-10-26-18/h5-7,10,13,25H,8-9,11-12,14H2,1-4H3,(H,27,28). The molecule has 0 aromatic carbocycles. The lowest BCUT2D eigenvalue weighted by molar-refractivity contribution is 0.506. The van der Waals surface area contributed by atoms with Crippen LogP contribution in [0.5, 0.6) is 0 Å². The first-order valence-corrected chi connectivity index (χ1v) is 13.7. The van der Waals surface area contributed by atoms with E-state index in [2.05, 4.69) is 25.6 Å². The third kappa shape index (κ3) is 5.53. The van der Waals surface area contributed by atoms with Gasteiger partial charge in [-0.05, 0) is 32.0 Å². The molecule has 36 heavy (non-hydrogen) atoms. The van der Waals surface area contributed by atoms with Crippen LogP contribution in [-0.2, 0) is 29.6 Å². The fraction of sp³-hybridized carbons (Fsp3) is 0.391. The van der Waals surface area contributed by atoms with Gasteiger partial charge in [-0.1, -0.05) is 0 Å². The first kappa shape index (κ1) is 26.1. The van der Waals surface area contributed by atoms with E-state index in [0.29, 0.717) is 54.7 Å². The number of nitrogens with zero attached hydrogens (tertiary/aromatic N) is 6. The Morgan fingerprint density at radius 1 is 1.08 bits per heavy atom. The van der Waals surface area contributed by atoms with Crippen LogP contribution in [0.1, 0.15) is 27.9 Å². The fourth-order valence-corrected chi connectivity index (χ4v) is 5.83. The van der Waals surface area contributed by atoms with Gasteiger partial charge in [0.1, 0.15) is 17.2 Å². The van der Waals surface area contributed by atoms with Crippen molar-refractivity contribution in [3.05, 3.63) is 64.3 Å². The molecule has 0 atom stereocenters. The molecule has 192 valence electrons. The highest BCUT2D eigenvalue weighted by Crippen LogP contribution is 2.27. The van der Waals surface area contributed by atoms with Crippen molar-refractivity contribution in [2.75, 3.05) is 32.5 Å². The lowest BCUT2D eigenvalue weighted by Crippen LogP contribution is -2.32. The highest BCUT2D eigenvalue weighted by atomic mass is 32.2. The van der Waals surface area contributed by atoms with E-state index in [9.17, 15) is 12.8 Å². The zero-order chi connectivity index (χ0) is 25.9. The first-order chi connectivity index (χ1) is 17.2. The van der Waals surface area contributed by atoms with E-state index in [4.69, 9.17) is 4.98 Å². The second-order valence-electron chi connectivity index (χ2n) is 8.40. The maximum atomic E-state index is 13.9. The quantitative estimate of drug-likeness (QED) is 0.283. The Morgan fingerprint density at radius 3 is 2.61 bits per heavy atom. The lowest BCUT2D eigenvalue weighted by Gasteiger charge is -2.16. The Morgan fingerprint density at radius 2 is 1.86 bits per heavy atom. The molecule has 4 aromatic rings. The Balaban J connectivity index is 1.35. The van der Waals surface area contributed by atoms with E-state index in [0.717, 1.165) is 15.2 Å². The second kappa shape index (κ2) is 10.9. The minimum atomic E-state index is -3.63. The Labute approximate surface area is 213 Å². The number of hydrogen-bond acceptors (Lipinski definition) is 9.